The number of benzene rings is 3. The molecule has 0 aliphatic heterocycles. The van der Waals surface area contributed by atoms with Crippen molar-refractivity contribution in [2.24, 2.45) is 5.10 Å². The number of nitrogens with zero attached hydrogens (tertiary/aromatic N) is 1. The summed E-state index contributed by atoms with van der Waals surface area (Å²) in [5.74, 6) is 0.359. The number of hydrogen-bond donors (Lipinski definition) is 2. The van der Waals surface area contributed by atoms with E-state index in [9.17, 15) is 9.59 Å². The van der Waals surface area contributed by atoms with Gasteiger partial charge in [-0.1, -0.05) is 18.2 Å². The van der Waals surface area contributed by atoms with Gasteiger partial charge in [0.05, 0.1) is 25.5 Å². The molecule has 9 nitrogen and oxygen atoms in total. The highest BCUT2D eigenvalue weighted by Gasteiger charge is 2.15. The first kappa shape index (κ1) is 27.0. The van der Waals surface area contributed by atoms with Gasteiger partial charge in [0.1, 0.15) is 17.9 Å². The number of nitrogens with one attached hydrogen (secondary N) is 1. The van der Waals surface area contributed by atoms with E-state index < -0.39 is 11.9 Å². The molecule has 200 valence electrons. The predicted octanol–water partition coefficient (Wildman–Crippen LogP) is 5.61. The van der Waals surface area contributed by atoms with Crippen molar-refractivity contribution in [3.05, 3.63) is 101 Å². The van der Waals surface area contributed by atoms with Gasteiger partial charge in [0.2, 0.25) is 0 Å². The molecule has 3 aromatic carbocycles. The molecule has 0 fully saturated rings. The zero-order valence-corrected chi connectivity index (χ0v) is 21.6. The molecular formula is C30H28N2O7. The number of amides is 1. The Kier molecular flexibility index (Phi) is 8.63. The summed E-state index contributed by atoms with van der Waals surface area (Å²) in [7, 11) is 1.53. The molecule has 0 radical (unpaired) electrons. The number of fused-ring (bicyclic) bond motifs is 1. The first-order chi connectivity index (χ1) is 18.9. The van der Waals surface area contributed by atoms with E-state index in [2.05, 4.69) is 17.1 Å². The number of carboxylic acid groups (broad SMARTS) is 1. The quantitative estimate of drug-likeness (QED) is 0.139. The summed E-state index contributed by atoms with van der Waals surface area (Å²) < 4.78 is 22.7. The summed E-state index contributed by atoms with van der Waals surface area (Å²) in [4.78, 5) is 23.7. The summed E-state index contributed by atoms with van der Waals surface area (Å²) in [5, 5.41) is 13.9. The van der Waals surface area contributed by atoms with Gasteiger partial charge in [-0.15, -0.1) is 6.58 Å². The molecule has 4 rings (SSSR count). The minimum absolute atomic E-state index is 0.126. The van der Waals surface area contributed by atoms with E-state index in [4.69, 9.17) is 23.7 Å². The first-order valence-corrected chi connectivity index (χ1v) is 12.2. The number of allylic oxidation sites excluding steroid dienone is 1. The van der Waals surface area contributed by atoms with Crippen molar-refractivity contribution in [1.29, 1.82) is 0 Å². The zero-order chi connectivity index (χ0) is 27.8. The van der Waals surface area contributed by atoms with Gasteiger partial charge in [0, 0.05) is 10.9 Å². The number of methoxy groups -OCH3 is 1. The van der Waals surface area contributed by atoms with E-state index in [0.29, 0.717) is 41.4 Å². The van der Waals surface area contributed by atoms with Crippen molar-refractivity contribution >= 4 is 29.1 Å². The number of carbonyl (C=O) groups excluding carboxylic acids is 1. The Morgan fingerprint density at radius 2 is 1.87 bits per heavy atom. The van der Waals surface area contributed by atoms with Crippen molar-refractivity contribution in [2.75, 3.05) is 13.7 Å². The molecule has 0 aliphatic carbocycles. The molecule has 4 aromatic rings. The number of rotatable bonds is 12. The number of carboxylic acids is 1. The van der Waals surface area contributed by atoms with Gasteiger partial charge in [-0.25, -0.2) is 10.2 Å². The van der Waals surface area contributed by atoms with Crippen LogP contribution in [0.25, 0.3) is 11.0 Å². The minimum atomic E-state index is -0.987. The second-order valence-corrected chi connectivity index (χ2v) is 8.44. The topological polar surface area (TPSA) is 120 Å². The smallest absolute Gasteiger partial charge is 0.335 e. The maximum absolute atomic E-state index is 12.6. The third-order valence-corrected chi connectivity index (χ3v) is 5.72. The molecule has 0 atom stereocenters. The predicted molar refractivity (Wildman–Crippen MR) is 147 cm³/mol. The van der Waals surface area contributed by atoms with Crippen molar-refractivity contribution in [2.45, 2.75) is 20.0 Å². The van der Waals surface area contributed by atoms with E-state index in [-0.39, 0.29) is 17.9 Å². The Balaban J connectivity index is 1.47. The molecule has 0 unspecified atom stereocenters. The lowest BCUT2D eigenvalue weighted by Crippen LogP contribution is -2.16. The third-order valence-electron chi connectivity index (χ3n) is 5.72. The van der Waals surface area contributed by atoms with Gasteiger partial charge in [-0.2, -0.15) is 5.10 Å². The van der Waals surface area contributed by atoms with Gasteiger partial charge in [-0.3, -0.25) is 4.79 Å². The van der Waals surface area contributed by atoms with Crippen LogP contribution in [0.2, 0.25) is 0 Å². The van der Waals surface area contributed by atoms with Crippen LogP contribution >= 0.6 is 0 Å². The van der Waals surface area contributed by atoms with Crippen LogP contribution in [0.15, 0.2) is 82.8 Å². The Morgan fingerprint density at radius 1 is 1.08 bits per heavy atom. The van der Waals surface area contributed by atoms with E-state index in [1.54, 1.807) is 42.5 Å². The lowest BCUT2D eigenvalue weighted by atomic mass is 10.1. The van der Waals surface area contributed by atoms with Crippen LogP contribution < -0.4 is 19.6 Å². The summed E-state index contributed by atoms with van der Waals surface area (Å²) >= 11 is 0. The van der Waals surface area contributed by atoms with Gasteiger partial charge < -0.3 is 23.7 Å². The lowest BCUT2D eigenvalue weighted by Gasteiger charge is -2.16. The average molecular weight is 529 g/mol. The standard InChI is InChI=1S/C30H28N2O7/c1-4-6-22-13-20(14-26(36-3)28(22)38-18-19-7-9-21(10-8-19)30(34)35)17-31-32-29(33)27-16-23-15-24(37-5-2)11-12-25(23)39-27/h4,7-17H,1,5-6,18H2,2-3H3,(H,32,33)(H,34,35)/b31-17+. The van der Waals surface area contributed by atoms with E-state index >= 15 is 0 Å². The summed E-state index contributed by atoms with van der Waals surface area (Å²) in [6.07, 6.45) is 3.74. The number of furan rings is 1. The highest BCUT2D eigenvalue weighted by atomic mass is 16.5. The lowest BCUT2D eigenvalue weighted by molar-refractivity contribution is 0.0696. The Morgan fingerprint density at radius 3 is 2.56 bits per heavy atom. The summed E-state index contributed by atoms with van der Waals surface area (Å²) in [6.45, 7) is 6.48. The van der Waals surface area contributed by atoms with Gasteiger partial charge in [0.25, 0.3) is 0 Å². The fourth-order valence-corrected chi connectivity index (χ4v) is 3.89. The number of aromatic carboxylic acids is 1. The van der Waals surface area contributed by atoms with Crippen LogP contribution in [0.3, 0.4) is 0 Å². The number of hydrazone groups is 1. The molecule has 0 bridgehead atoms. The summed E-state index contributed by atoms with van der Waals surface area (Å²) in [5.41, 5.74) is 5.54. The van der Waals surface area contributed by atoms with E-state index in [1.807, 2.05) is 19.1 Å². The summed E-state index contributed by atoms with van der Waals surface area (Å²) in [6, 6.07) is 17.0. The fraction of sp³-hybridized carbons (Fsp3) is 0.167. The van der Waals surface area contributed by atoms with Crippen LogP contribution in [0.1, 0.15) is 44.5 Å². The highest BCUT2D eigenvalue weighted by molar-refractivity contribution is 5.97. The second-order valence-electron chi connectivity index (χ2n) is 8.44. The van der Waals surface area contributed by atoms with Crippen LogP contribution in [0, 0.1) is 0 Å². The van der Waals surface area contributed by atoms with E-state index in [1.165, 1.54) is 25.5 Å². The number of hydrogen-bond acceptors (Lipinski definition) is 7. The van der Waals surface area contributed by atoms with Crippen LogP contribution in [0.5, 0.6) is 17.2 Å². The molecule has 2 N–H and O–H groups in total. The second kappa shape index (κ2) is 12.5. The molecule has 0 spiro atoms. The maximum atomic E-state index is 12.6. The normalized spacial score (nSPS) is 10.9. The van der Waals surface area contributed by atoms with Crippen LogP contribution in [0.4, 0.5) is 0 Å². The molecule has 0 aliphatic rings. The largest absolute Gasteiger partial charge is 0.494 e. The average Bonchev–Trinajstić information content (AvgIpc) is 3.36. The Hall–Kier alpha value is -5.05. The minimum Gasteiger partial charge on any atom is -0.494 e. The van der Waals surface area contributed by atoms with Crippen molar-refractivity contribution < 1.29 is 33.3 Å². The maximum Gasteiger partial charge on any atom is 0.335 e. The van der Waals surface area contributed by atoms with Gasteiger partial charge in [-0.05, 0) is 73.0 Å². The SMILES string of the molecule is C=CCc1cc(/C=N/NC(=O)c2cc3cc(OCC)ccc3o2)cc(OC)c1OCc1ccc(C(=O)O)cc1. The molecule has 39 heavy (non-hydrogen) atoms. The molecule has 1 amide bonds. The Bertz CT molecular complexity index is 1520. The van der Waals surface area contributed by atoms with Gasteiger partial charge in [0.15, 0.2) is 17.3 Å². The zero-order valence-electron chi connectivity index (χ0n) is 21.6. The number of carbonyl (C=O) groups is 2. The fourth-order valence-electron chi connectivity index (χ4n) is 3.89. The van der Waals surface area contributed by atoms with E-state index in [0.717, 1.165) is 16.5 Å². The Labute approximate surface area is 225 Å². The van der Waals surface area contributed by atoms with Gasteiger partial charge >= 0.3 is 11.9 Å². The molecule has 0 saturated carbocycles. The molecule has 9 heteroatoms. The van der Waals surface area contributed by atoms with Crippen LogP contribution in [-0.2, 0) is 13.0 Å². The van der Waals surface area contributed by atoms with Crippen molar-refractivity contribution in [3.63, 3.8) is 0 Å². The third kappa shape index (κ3) is 6.64. The highest BCUT2D eigenvalue weighted by Crippen LogP contribution is 2.34. The molecule has 0 saturated heterocycles. The molecule has 1 heterocycles. The monoisotopic (exact) mass is 528 g/mol. The molecule has 1 aromatic heterocycles. The molecular weight excluding hydrogens is 500 g/mol. The van der Waals surface area contributed by atoms with Crippen LogP contribution in [-0.4, -0.2) is 36.9 Å². The van der Waals surface area contributed by atoms with Crippen molar-refractivity contribution in [3.8, 4) is 17.2 Å². The first-order valence-electron chi connectivity index (χ1n) is 12.2. The van der Waals surface area contributed by atoms with Crippen molar-refractivity contribution in [1.82, 2.24) is 5.43 Å². The number of ether oxygens (including phenoxy) is 3.